The molecular formula is C16H16ClNO2. The molecule has 20 heavy (non-hydrogen) atoms. The molecule has 0 aromatic heterocycles. The first-order valence-corrected chi connectivity index (χ1v) is 6.74. The van der Waals surface area contributed by atoms with Crippen LogP contribution in [0.15, 0.2) is 48.5 Å². The Kier molecular flexibility index (Phi) is 5.02. The second-order valence-electron chi connectivity index (χ2n) is 4.49. The van der Waals surface area contributed by atoms with Crippen LogP contribution in [0.3, 0.4) is 0 Å². The monoisotopic (exact) mass is 289 g/mol. The van der Waals surface area contributed by atoms with Crippen LogP contribution in [0.25, 0.3) is 0 Å². The number of ether oxygens (including phenoxy) is 1. The van der Waals surface area contributed by atoms with Gasteiger partial charge in [-0.15, -0.1) is 0 Å². The topological polar surface area (TPSA) is 38.3 Å². The molecule has 0 saturated carbocycles. The zero-order chi connectivity index (χ0) is 14.4. The van der Waals surface area contributed by atoms with Crippen LogP contribution >= 0.6 is 11.6 Å². The van der Waals surface area contributed by atoms with Crippen LogP contribution in [0.4, 0.5) is 0 Å². The van der Waals surface area contributed by atoms with E-state index in [1.165, 1.54) is 0 Å². The zero-order valence-electron chi connectivity index (χ0n) is 11.2. The molecule has 0 fully saturated rings. The summed E-state index contributed by atoms with van der Waals surface area (Å²) in [6.45, 7) is 2.40. The fraction of sp³-hybridized carbons (Fsp3) is 0.188. The predicted molar refractivity (Wildman–Crippen MR) is 79.8 cm³/mol. The SMILES string of the molecule is CC(NC=O)c1ccc(OCc2cccc(Cl)c2)cc1. The second kappa shape index (κ2) is 6.96. The summed E-state index contributed by atoms with van der Waals surface area (Å²) in [7, 11) is 0. The van der Waals surface area contributed by atoms with Crippen molar-refractivity contribution in [3.8, 4) is 5.75 Å². The van der Waals surface area contributed by atoms with Crippen molar-refractivity contribution < 1.29 is 9.53 Å². The predicted octanol–water partition coefficient (Wildman–Crippen LogP) is 3.73. The summed E-state index contributed by atoms with van der Waals surface area (Å²) < 4.78 is 5.69. The molecule has 0 saturated heterocycles. The van der Waals surface area contributed by atoms with Crippen molar-refractivity contribution in [2.24, 2.45) is 0 Å². The van der Waals surface area contributed by atoms with E-state index < -0.39 is 0 Å². The maximum atomic E-state index is 10.4. The molecule has 0 aliphatic rings. The van der Waals surface area contributed by atoms with Crippen LogP contribution < -0.4 is 10.1 Å². The van der Waals surface area contributed by atoms with Crippen molar-refractivity contribution in [1.29, 1.82) is 0 Å². The maximum absolute atomic E-state index is 10.4. The van der Waals surface area contributed by atoms with E-state index in [4.69, 9.17) is 16.3 Å². The van der Waals surface area contributed by atoms with Crippen LogP contribution in [0, 0.1) is 0 Å². The highest BCUT2D eigenvalue weighted by atomic mass is 35.5. The molecule has 1 unspecified atom stereocenters. The lowest BCUT2D eigenvalue weighted by molar-refractivity contribution is -0.110. The highest BCUT2D eigenvalue weighted by molar-refractivity contribution is 6.30. The van der Waals surface area contributed by atoms with Gasteiger partial charge in [0.25, 0.3) is 0 Å². The molecular weight excluding hydrogens is 274 g/mol. The quantitative estimate of drug-likeness (QED) is 0.823. The number of rotatable bonds is 6. The molecule has 104 valence electrons. The Bertz CT molecular complexity index is 569. The van der Waals surface area contributed by atoms with E-state index in [0.717, 1.165) is 16.9 Å². The van der Waals surface area contributed by atoms with E-state index in [1.54, 1.807) is 0 Å². The lowest BCUT2D eigenvalue weighted by Gasteiger charge is -2.12. The van der Waals surface area contributed by atoms with Gasteiger partial charge in [-0.2, -0.15) is 0 Å². The minimum absolute atomic E-state index is 0.00511. The molecule has 3 nitrogen and oxygen atoms in total. The standard InChI is InChI=1S/C16H16ClNO2/c1-12(18-11-19)14-5-7-16(8-6-14)20-10-13-3-2-4-15(17)9-13/h2-9,11-12H,10H2,1H3,(H,18,19). The van der Waals surface area contributed by atoms with Crippen molar-refractivity contribution in [1.82, 2.24) is 5.32 Å². The van der Waals surface area contributed by atoms with Gasteiger partial charge in [0.15, 0.2) is 0 Å². The minimum atomic E-state index is -0.00511. The van der Waals surface area contributed by atoms with Crippen molar-refractivity contribution >= 4 is 18.0 Å². The van der Waals surface area contributed by atoms with Gasteiger partial charge in [0.2, 0.25) is 6.41 Å². The first-order chi connectivity index (χ1) is 9.69. The number of benzene rings is 2. The third kappa shape index (κ3) is 4.00. The Labute approximate surface area is 123 Å². The van der Waals surface area contributed by atoms with Crippen molar-refractivity contribution in [3.05, 3.63) is 64.7 Å². The van der Waals surface area contributed by atoms with Crippen LogP contribution in [0.2, 0.25) is 5.02 Å². The van der Waals surface area contributed by atoms with E-state index in [0.29, 0.717) is 18.0 Å². The van der Waals surface area contributed by atoms with Gasteiger partial charge in [-0.3, -0.25) is 4.79 Å². The highest BCUT2D eigenvalue weighted by Gasteiger charge is 2.03. The molecule has 1 N–H and O–H groups in total. The number of hydrogen-bond acceptors (Lipinski definition) is 2. The summed E-state index contributed by atoms with van der Waals surface area (Å²) in [5, 5.41) is 3.41. The summed E-state index contributed by atoms with van der Waals surface area (Å²) in [5.74, 6) is 0.784. The molecule has 2 aromatic carbocycles. The molecule has 2 rings (SSSR count). The molecule has 0 bridgehead atoms. The van der Waals surface area contributed by atoms with Gasteiger partial charge in [-0.25, -0.2) is 0 Å². The van der Waals surface area contributed by atoms with E-state index >= 15 is 0 Å². The third-order valence-corrected chi connectivity index (χ3v) is 3.23. The van der Waals surface area contributed by atoms with E-state index in [2.05, 4.69) is 5.32 Å². The first-order valence-electron chi connectivity index (χ1n) is 6.36. The fourth-order valence-corrected chi connectivity index (χ4v) is 2.06. The Balaban J connectivity index is 1.95. The molecule has 0 aliphatic heterocycles. The maximum Gasteiger partial charge on any atom is 0.207 e. The average molecular weight is 290 g/mol. The molecule has 4 heteroatoms. The van der Waals surface area contributed by atoms with Gasteiger partial charge in [0, 0.05) is 5.02 Å². The van der Waals surface area contributed by atoms with Crippen LogP contribution in [0.1, 0.15) is 24.1 Å². The number of amides is 1. The third-order valence-electron chi connectivity index (χ3n) is 2.99. The number of carbonyl (C=O) groups excluding carboxylic acids is 1. The lowest BCUT2D eigenvalue weighted by atomic mass is 10.1. The number of carbonyl (C=O) groups is 1. The molecule has 0 aliphatic carbocycles. The van der Waals surface area contributed by atoms with Gasteiger partial charge in [0.05, 0.1) is 6.04 Å². The van der Waals surface area contributed by atoms with E-state index in [-0.39, 0.29) is 6.04 Å². The molecule has 1 atom stereocenters. The Morgan fingerprint density at radius 1 is 1.25 bits per heavy atom. The summed E-state index contributed by atoms with van der Waals surface area (Å²) >= 11 is 5.92. The van der Waals surface area contributed by atoms with Gasteiger partial charge in [0.1, 0.15) is 12.4 Å². The van der Waals surface area contributed by atoms with Crippen LogP contribution in [0.5, 0.6) is 5.75 Å². The minimum Gasteiger partial charge on any atom is -0.489 e. The van der Waals surface area contributed by atoms with Gasteiger partial charge in [-0.1, -0.05) is 35.9 Å². The summed E-state index contributed by atoms with van der Waals surface area (Å²) in [5.41, 5.74) is 2.06. The summed E-state index contributed by atoms with van der Waals surface area (Å²) in [6, 6.07) is 15.2. The van der Waals surface area contributed by atoms with Crippen LogP contribution in [-0.4, -0.2) is 6.41 Å². The Morgan fingerprint density at radius 2 is 2.00 bits per heavy atom. The zero-order valence-corrected chi connectivity index (χ0v) is 11.9. The van der Waals surface area contributed by atoms with Crippen molar-refractivity contribution in [2.75, 3.05) is 0 Å². The fourth-order valence-electron chi connectivity index (χ4n) is 1.84. The number of hydrogen-bond donors (Lipinski definition) is 1. The van der Waals surface area contributed by atoms with E-state index in [9.17, 15) is 4.79 Å². The van der Waals surface area contributed by atoms with Gasteiger partial charge < -0.3 is 10.1 Å². The summed E-state index contributed by atoms with van der Waals surface area (Å²) in [4.78, 5) is 10.4. The first kappa shape index (κ1) is 14.4. The number of nitrogens with one attached hydrogen (secondary N) is 1. The molecule has 0 spiro atoms. The molecule has 0 radical (unpaired) electrons. The largest absolute Gasteiger partial charge is 0.489 e. The van der Waals surface area contributed by atoms with Crippen molar-refractivity contribution in [3.63, 3.8) is 0 Å². The molecule has 0 heterocycles. The summed E-state index contributed by atoms with van der Waals surface area (Å²) in [6.07, 6.45) is 0.703. The molecule has 2 aromatic rings. The van der Waals surface area contributed by atoms with Gasteiger partial charge in [-0.05, 0) is 42.3 Å². The van der Waals surface area contributed by atoms with Crippen molar-refractivity contribution in [2.45, 2.75) is 19.6 Å². The Hall–Kier alpha value is -2.00. The average Bonchev–Trinajstić information content (AvgIpc) is 2.46. The van der Waals surface area contributed by atoms with Gasteiger partial charge >= 0.3 is 0 Å². The number of halogens is 1. The smallest absolute Gasteiger partial charge is 0.207 e. The highest BCUT2D eigenvalue weighted by Crippen LogP contribution is 2.19. The lowest BCUT2D eigenvalue weighted by Crippen LogP contribution is -2.15. The molecule has 1 amide bonds. The second-order valence-corrected chi connectivity index (χ2v) is 4.93. The normalized spacial score (nSPS) is 11.7. The Morgan fingerprint density at radius 3 is 2.65 bits per heavy atom. The van der Waals surface area contributed by atoms with E-state index in [1.807, 2.05) is 55.5 Å². The van der Waals surface area contributed by atoms with Crippen LogP contribution in [-0.2, 0) is 11.4 Å².